The van der Waals surface area contributed by atoms with E-state index in [1.165, 1.54) is 7.11 Å². The van der Waals surface area contributed by atoms with Gasteiger partial charge in [-0.1, -0.05) is 0 Å². The number of hydrogen-bond acceptors (Lipinski definition) is 4. The molecule has 1 aromatic rings. The molecule has 21 heavy (non-hydrogen) atoms. The van der Waals surface area contributed by atoms with Crippen LogP contribution in [0.15, 0.2) is 22.7 Å². The highest BCUT2D eigenvalue weighted by atomic mass is 79.9. The maximum absolute atomic E-state index is 12.4. The van der Waals surface area contributed by atoms with Crippen LogP contribution in [0.3, 0.4) is 0 Å². The van der Waals surface area contributed by atoms with Crippen LogP contribution in [0.2, 0.25) is 0 Å². The summed E-state index contributed by atoms with van der Waals surface area (Å²) in [5, 5.41) is 0. The molecular weight excluding hydrogens is 340 g/mol. The van der Waals surface area contributed by atoms with Crippen molar-refractivity contribution >= 4 is 27.9 Å². The average Bonchev–Trinajstić information content (AvgIpc) is 2.53. The second-order valence-electron chi connectivity index (χ2n) is 4.60. The number of piperazine rings is 1. The number of ether oxygens (including phenoxy) is 2. The topological polar surface area (TPSA) is 59.1 Å². The lowest BCUT2D eigenvalue weighted by atomic mass is 10.1. The molecule has 7 heteroatoms. The molecule has 1 aliphatic rings. The van der Waals surface area contributed by atoms with Crippen molar-refractivity contribution in [3.63, 3.8) is 0 Å². The predicted octanol–water partition coefficient (Wildman–Crippen LogP) is 1.98. The normalized spacial score (nSPS) is 14.8. The standard InChI is InChI=1S/C14H17BrN2O4/c1-20-12-4-3-10(9-11(12)15)13(18)16-5-7-17(8-6-16)14(19)21-2/h3-4,9H,5-8H2,1-2H3. The Hall–Kier alpha value is -1.76. The molecule has 0 aromatic heterocycles. The molecule has 0 saturated carbocycles. The van der Waals surface area contributed by atoms with E-state index in [0.717, 1.165) is 4.47 Å². The summed E-state index contributed by atoms with van der Waals surface area (Å²) in [7, 11) is 2.93. The van der Waals surface area contributed by atoms with Gasteiger partial charge in [-0.3, -0.25) is 4.79 Å². The first-order valence-electron chi connectivity index (χ1n) is 6.52. The van der Waals surface area contributed by atoms with Crippen LogP contribution >= 0.6 is 15.9 Å². The van der Waals surface area contributed by atoms with Gasteiger partial charge in [-0.2, -0.15) is 0 Å². The summed E-state index contributed by atoms with van der Waals surface area (Å²) in [6.45, 7) is 1.96. The van der Waals surface area contributed by atoms with Crippen LogP contribution in [0.25, 0.3) is 0 Å². The summed E-state index contributed by atoms with van der Waals surface area (Å²) in [4.78, 5) is 27.2. The molecule has 114 valence electrons. The second-order valence-corrected chi connectivity index (χ2v) is 5.45. The largest absolute Gasteiger partial charge is 0.496 e. The molecular formula is C14H17BrN2O4. The molecule has 0 N–H and O–H groups in total. The van der Waals surface area contributed by atoms with Crippen molar-refractivity contribution in [1.29, 1.82) is 0 Å². The van der Waals surface area contributed by atoms with Crippen LogP contribution in [0.1, 0.15) is 10.4 Å². The van der Waals surface area contributed by atoms with Gasteiger partial charge in [0.15, 0.2) is 0 Å². The molecule has 0 unspecified atom stereocenters. The number of methoxy groups -OCH3 is 2. The van der Waals surface area contributed by atoms with E-state index >= 15 is 0 Å². The fourth-order valence-corrected chi connectivity index (χ4v) is 2.74. The number of carbonyl (C=O) groups is 2. The number of benzene rings is 1. The molecule has 1 aromatic carbocycles. The minimum Gasteiger partial charge on any atom is -0.496 e. The third-order valence-corrected chi connectivity index (χ3v) is 4.02. The third-order valence-electron chi connectivity index (χ3n) is 3.40. The van der Waals surface area contributed by atoms with Crippen molar-refractivity contribution in [3.05, 3.63) is 28.2 Å². The van der Waals surface area contributed by atoms with Gasteiger partial charge in [0.2, 0.25) is 0 Å². The first-order valence-corrected chi connectivity index (χ1v) is 7.32. The SMILES string of the molecule is COC(=O)N1CCN(C(=O)c2ccc(OC)c(Br)c2)CC1. The number of carbonyl (C=O) groups excluding carboxylic acids is 2. The Morgan fingerprint density at radius 2 is 1.71 bits per heavy atom. The molecule has 0 spiro atoms. The van der Waals surface area contributed by atoms with Crippen LogP contribution in [-0.4, -0.2) is 62.2 Å². The van der Waals surface area contributed by atoms with Crippen LogP contribution in [0, 0.1) is 0 Å². The van der Waals surface area contributed by atoms with Crippen molar-refractivity contribution in [1.82, 2.24) is 9.80 Å². The Morgan fingerprint density at radius 1 is 1.10 bits per heavy atom. The Kier molecular flexibility index (Phi) is 5.06. The zero-order chi connectivity index (χ0) is 15.4. The van der Waals surface area contributed by atoms with Gasteiger partial charge in [0.05, 0.1) is 18.7 Å². The maximum Gasteiger partial charge on any atom is 0.409 e. The Labute approximate surface area is 131 Å². The van der Waals surface area contributed by atoms with E-state index in [1.54, 1.807) is 35.1 Å². The van der Waals surface area contributed by atoms with Crippen LogP contribution in [0.4, 0.5) is 4.79 Å². The van der Waals surface area contributed by atoms with E-state index < -0.39 is 0 Å². The van der Waals surface area contributed by atoms with Gasteiger partial charge in [0, 0.05) is 31.7 Å². The molecule has 6 nitrogen and oxygen atoms in total. The zero-order valence-corrected chi connectivity index (χ0v) is 13.6. The summed E-state index contributed by atoms with van der Waals surface area (Å²) >= 11 is 3.37. The Bertz CT molecular complexity index is 542. The van der Waals surface area contributed by atoms with Crippen LogP contribution < -0.4 is 4.74 Å². The third kappa shape index (κ3) is 3.47. The van der Waals surface area contributed by atoms with E-state index in [-0.39, 0.29) is 12.0 Å². The van der Waals surface area contributed by atoms with Gasteiger partial charge in [-0.25, -0.2) is 4.79 Å². The lowest BCUT2D eigenvalue weighted by molar-refractivity contribution is 0.0599. The number of hydrogen-bond donors (Lipinski definition) is 0. The fourth-order valence-electron chi connectivity index (χ4n) is 2.20. The Morgan fingerprint density at radius 3 is 2.24 bits per heavy atom. The molecule has 0 atom stereocenters. The molecule has 1 aliphatic heterocycles. The van der Waals surface area contributed by atoms with Gasteiger partial charge in [-0.15, -0.1) is 0 Å². The van der Waals surface area contributed by atoms with Gasteiger partial charge in [0.25, 0.3) is 5.91 Å². The molecule has 0 bridgehead atoms. The monoisotopic (exact) mass is 356 g/mol. The van der Waals surface area contributed by atoms with Crippen LogP contribution in [-0.2, 0) is 4.74 Å². The van der Waals surface area contributed by atoms with E-state index in [2.05, 4.69) is 20.7 Å². The van der Waals surface area contributed by atoms with Crippen molar-refractivity contribution in [3.8, 4) is 5.75 Å². The first kappa shape index (κ1) is 15.6. The molecule has 2 rings (SSSR count). The number of nitrogens with zero attached hydrogens (tertiary/aromatic N) is 2. The Balaban J connectivity index is 2.02. The van der Waals surface area contributed by atoms with Gasteiger partial charge in [0.1, 0.15) is 5.75 Å². The highest BCUT2D eigenvalue weighted by molar-refractivity contribution is 9.10. The molecule has 0 radical (unpaired) electrons. The summed E-state index contributed by atoms with van der Waals surface area (Å²) in [5.41, 5.74) is 0.592. The van der Waals surface area contributed by atoms with Crippen molar-refractivity contribution in [2.24, 2.45) is 0 Å². The molecule has 2 amide bonds. The minimum atomic E-state index is -0.353. The van der Waals surface area contributed by atoms with E-state index in [0.29, 0.717) is 37.5 Å². The zero-order valence-electron chi connectivity index (χ0n) is 12.0. The maximum atomic E-state index is 12.4. The van der Waals surface area contributed by atoms with Gasteiger partial charge < -0.3 is 19.3 Å². The highest BCUT2D eigenvalue weighted by Gasteiger charge is 2.25. The lowest BCUT2D eigenvalue weighted by Crippen LogP contribution is -2.50. The van der Waals surface area contributed by atoms with E-state index in [4.69, 9.17) is 4.74 Å². The molecule has 1 heterocycles. The summed E-state index contributed by atoms with van der Waals surface area (Å²) in [6.07, 6.45) is -0.353. The fraction of sp³-hybridized carbons (Fsp3) is 0.429. The van der Waals surface area contributed by atoms with Crippen molar-refractivity contribution in [2.75, 3.05) is 40.4 Å². The number of rotatable bonds is 2. The number of halogens is 1. The smallest absolute Gasteiger partial charge is 0.409 e. The van der Waals surface area contributed by atoms with Gasteiger partial charge in [-0.05, 0) is 34.1 Å². The van der Waals surface area contributed by atoms with E-state index in [9.17, 15) is 9.59 Å². The summed E-state index contributed by atoms with van der Waals surface area (Å²) in [6, 6.07) is 5.23. The highest BCUT2D eigenvalue weighted by Crippen LogP contribution is 2.26. The first-order chi connectivity index (χ1) is 10.1. The van der Waals surface area contributed by atoms with Crippen molar-refractivity contribution in [2.45, 2.75) is 0 Å². The predicted molar refractivity (Wildman–Crippen MR) is 80.6 cm³/mol. The average molecular weight is 357 g/mol. The summed E-state index contributed by atoms with van der Waals surface area (Å²) in [5.74, 6) is 0.630. The summed E-state index contributed by atoms with van der Waals surface area (Å²) < 4.78 is 10.6. The quantitative estimate of drug-likeness (QED) is 0.812. The number of amides is 2. The molecule has 1 fully saturated rings. The lowest BCUT2D eigenvalue weighted by Gasteiger charge is -2.33. The van der Waals surface area contributed by atoms with Crippen LogP contribution in [0.5, 0.6) is 5.75 Å². The van der Waals surface area contributed by atoms with E-state index in [1.807, 2.05) is 0 Å². The molecule has 0 aliphatic carbocycles. The second kappa shape index (κ2) is 6.80. The minimum absolute atomic E-state index is 0.0529. The van der Waals surface area contributed by atoms with Gasteiger partial charge >= 0.3 is 6.09 Å². The molecule has 1 saturated heterocycles. The van der Waals surface area contributed by atoms with Crippen molar-refractivity contribution < 1.29 is 19.1 Å².